The van der Waals surface area contributed by atoms with Gasteiger partial charge in [0.25, 0.3) is 0 Å². The molecule has 4 rings (SSSR count). The summed E-state index contributed by atoms with van der Waals surface area (Å²) in [5, 5.41) is 6.07. The maximum atomic E-state index is 14.6. The highest BCUT2D eigenvalue weighted by Crippen LogP contribution is 2.41. The molecule has 8 nitrogen and oxygen atoms in total. The molecule has 3 atom stereocenters. The van der Waals surface area contributed by atoms with Crippen molar-refractivity contribution in [2.75, 3.05) is 23.8 Å². The van der Waals surface area contributed by atoms with Gasteiger partial charge in [-0.2, -0.15) is 0 Å². The van der Waals surface area contributed by atoms with Gasteiger partial charge in [0.2, 0.25) is 11.8 Å². The highest BCUT2D eigenvalue weighted by Gasteiger charge is 2.43. The molecule has 8 heteroatoms. The van der Waals surface area contributed by atoms with Crippen LogP contribution in [-0.4, -0.2) is 47.9 Å². The summed E-state index contributed by atoms with van der Waals surface area (Å²) in [5.41, 5.74) is 8.82. The molecule has 3 aromatic rings. The maximum Gasteiger partial charge on any atom is 0.320 e. The lowest BCUT2D eigenvalue weighted by Crippen LogP contribution is -2.55. The van der Waals surface area contributed by atoms with Crippen LogP contribution in [0.1, 0.15) is 56.7 Å². The van der Waals surface area contributed by atoms with Gasteiger partial charge in [0.1, 0.15) is 12.6 Å². The first-order valence-electron chi connectivity index (χ1n) is 13.6. The summed E-state index contributed by atoms with van der Waals surface area (Å²) in [6.07, 6.45) is 0.943. The predicted octanol–water partition coefficient (Wildman–Crippen LogP) is 5.04. The Balaban J connectivity index is 1.85. The number of likely N-dealkylation sites (tertiary alicyclic amines) is 1. The van der Waals surface area contributed by atoms with E-state index in [0.717, 1.165) is 16.8 Å². The van der Waals surface area contributed by atoms with Crippen molar-refractivity contribution in [2.45, 2.75) is 57.2 Å². The fraction of sp³-hybridized carbons (Fsp3) is 0.344. The molecule has 4 amide bonds. The van der Waals surface area contributed by atoms with Gasteiger partial charge in [-0.15, -0.1) is 0 Å². The third kappa shape index (κ3) is 6.81. The van der Waals surface area contributed by atoms with Crippen LogP contribution < -0.4 is 21.3 Å². The van der Waals surface area contributed by atoms with Crippen molar-refractivity contribution in [3.8, 4) is 0 Å². The Morgan fingerprint density at radius 1 is 0.925 bits per heavy atom. The van der Waals surface area contributed by atoms with Gasteiger partial charge in [-0.3, -0.25) is 14.5 Å². The first-order valence-corrected chi connectivity index (χ1v) is 13.6. The minimum atomic E-state index is -0.911. The number of carbonyl (C=O) groups is 3. The fourth-order valence-electron chi connectivity index (χ4n) is 5.49. The molecule has 0 saturated carbocycles. The average Bonchev–Trinajstić information content (AvgIpc) is 3.06. The van der Waals surface area contributed by atoms with Crippen LogP contribution in [0.5, 0.6) is 0 Å². The standard InChI is InChI=1S/C32H39N5O3/c1-32(2,3)35-29(38)21-36-27(23-14-9-6-10-15-23)18-24(22-12-7-5-8-13-22)19-28(30(36)39)37(31(33)40)26-17-11-16-25(20-26)34-4/h5-17,20,24,27-28,34H,18-19,21H2,1-4H3,(H2,33,40)(H,35,38). The Kier molecular flexibility index (Phi) is 8.77. The van der Waals surface area contributed by atoms with Crippen LogP contribution in [0, 0.1) is 0 Å². The number of nitrogens with one attached hydrogen (secondary N) is 2. The van der Waals surface area contributed by atoms with Crippen molar-refractivity contribution in [1.82, 2.24) is 10.2 Å². The first-order chi connectivity index (χ1) is 19.1. The van der Waals surface area contributed by atoms with Gasteiger partial charge >= 0.3 is 6.03 Å². The second kappa shape index (κ2) is 12.2. The van der Waals surface area contributed by atoms with Gasteiger partial charge in [0.15, 0.2) is 0 Å². The fourth-order valence-corrected chi connectivity index (χ4v) is 5.49. The van der Waals surface area contributed by atoms with Gasteiger partial charge in [0, 0.05) is 24.0 Å². The van der Waals surface area contributed by atoms with Gasteiger partial charge in [-0.05, 0) is 68.9 Å². The summed E-state index contributed by atoms with van der Waals surface area (Å²) in [6.45, 7) is 5.57. The molecule has 210 valence electrons. The maximum absolute atomic E-state index is 14.6. The lowest BCUT2D eigenvalue weighted by Gasteiger charge is -2.35. The largest absolute Gasteiger partial charge is 0.388 e. The summed E-state index contributed by atoms with van der Waals surface area (Å²) in [6, 6.07) is 25.0. The number of nitrogens with zero attached hydrogens (tertiary/aromatic N) is 2. The van der Waals surface area contributed by atoms with E-state index in [-0.39, 0.29) is 30.3 Å². The number of anilines is 2. The normalized spacial score (nSPS) is 19.4. The molecule has 1 saturated heterocycles. The molecule has 3 unspecified atom stereocenters. The highest BCUT2D eigenvalue weighted by atomic mass is 16.2. The van der Waals surface area contributed by atoms with Crippen LogP contribution >= 0.6 is 0 Å². The molecule has 0 bridgehead atoms. The molecule has 40 heavy (non-hydrogen) atoms. The molecule has 0 radical (unpaired) electrons. The summed E-state index contributed by atoms with van der Waals surface area (Å²) in [7, 11) is 1.79. The van der Waals surface area contributed by atoms with E-state index in [4.69, 9.17) is 5.73 Å². The Labute approximate surface area is 236 Å². The molecule has 0 aromatic heterocycles. The van der Waals surface area contributed by atoms with Gasteiger partial charge in [-0.25, -0.2) is 4.79 Å². The van der Waals surface area contributed by atoms with Crippen LogP contribution in [0.2, 0.25) is 0 Å². The monoisotopic (exact) mass is 541 g/mol. The molecular formula is C32H39N5O3. The molecular weight excluding hydrogens is 502 g/mol. The number of hydrogen-bond donors (Lipinski definition) is 3. The lowest BCUT2D eigenvalue weighted by molar-refractivity contribution is -0.139. The number of carbonyl (C=O) groups excluding carboxylic acids is 3. The lowest BCUT2D eigenvalue weighted by atomic mass is 9.86. The van der Waals surface area contributed by atoms with E-state index in [1.165, 1.54) is 4.90 Å². The van der Waals surface area contributed by atoms with Crippen molar-refractivity contribution in [1.29, 1.82) is 0 Å². The van der Waals surface area contributed by atoms with E-state index in [0.29, 0.717) is 18.5 Å². The molecule has 1 aliphatic heterocycles. The summed E-state index contributed by atoms with van der Waals surface area (Å²) in [5.74, 6) is -0.656. The number of nitrogens with two attached hydrogens (primary N) is 1. The average molecular weight is 542 g/mol. The molecule has 1 fully saturated rings. The third-order valence-electron chi connectivity index (χ3n) is 7.21. The summed E-state index contributed by atoms with van der Waals surface area (Å²) in [4.78, 5) is 43.9. The van der Waals surface area contributed by atoms with Crippen LogP contribution in [-0.2, 0) is 9.59 Å². The van der Waals surface area contributed by atoms with Gasteiger partial charge in [0.05, 0.1) is 6.04 Å². The minimum Gasteiger partial charge on any atom is -0.388 e. The van der Waals surface area contributed by atoms with Crippen LogP contribution in [0.25, 0.3) is 0 Å². The zero-order valence-electron chi connectivity index (χ0n) is 23.6. The molecule has 3 aromatic carbocycles. The molecule has 0 aliphatic carbocycles. The predicted molar refractivity (Wildman–Crippen MR) is 159 cm³/mol. The van der Waals surface area contributed by atoms with Gasteiger partial charge < -0.3 is 21.3 Å². The van der Waals surface area contributed by atoms with E-state index < -0.39 is 17.6 Å². The van der Waals surface area contributed by atoms with E-state index in [1.54, 1.807) is 24.1 Å². The van der Waals surface area contributed by atoms with Crippen molar-refractivity contribution in [3.05, 3.63) is 96.1 Å². The molecule has 0 spiro atoms. The Hall–Kier alpha value is -4.33. The van der Waals surface area contributed by atoms with Crippen LogP contribution in [0.4, 0.5) is 16.2 Å². The third-order valence-corrected chi connectivity index (χ3v) is 7.21. The van der Waals surface area contributed by atoms with E-state index in [9.17, 15) is 14.4 Å². The number of hydrogen-bond acceptors (Lipinski definition) is 4. The quantitative estimate of drug-likeness (QED) is 0.389. The van der Waals surface area contributed by atoms with E-state index in [1.807, 2.05) is 93.6 Å². The van der Waals surface area contributed by atoms with E-state index in [2.05, 4.69) is 10.6 Å². The van der Waals surface area contributed by atoms with Crippen molar-refractivity contribution in [2.24, 2.45) is 5.73 Å². The first kappa shape index (κ1) is 28.7. The van der Waals surface area contributed by atoms with E-state index >= 15 is 0 Å². The SMILES string of the molecule is CNc1cccc(N(C(N)=O)C2CC(c3ccccc3)CC(c3ccccc3)N(CC(=O)NC(C)(C)C)C2=O)c1. The minimum absolute atomic E-state index is 0.0784. The summed E-state index contributed by atoms with van der Waals surface area (Å²) < 4.78 is 0. The Morgan fingerprint density at radius 3 is 2.12 bits per heavy atom. The second-order valence-electron chi connectivity index (χ2n) is 11.3. The van der Waals surface area contributed by atoms with Crippen molar-refractivity contribution in [3.63, 3.8) is 0 Å². The van der Waals surface area contributed by atoms with Crippen molar-refractivity contribution < 1.29 is 14.4 Å². The summed E-state index contributed by atoms with van der Waals surface area (Å²) >= 11 is 0. The number of primary amides is 1. The van der Waals surface area contributed by atoms with Gasteiger partial charge in [-0.1, -0.05) is 66.7 Å². The zero-order valence-corrected chi connectivity index (χ0v) is 23.6. The topological polar surface area (TPSA) is 108 Å². The number of amides is 4. The van der Waals surface area contributed by atoms with Crippen LogP contribution in [0.15, 0.2) is 84.9 Å². The molecule has 1 aliphatic rings. The zero-order chi connectivity index (χ0) is 28.9. The number of rotatable bonds is 7. The second-order valence-corrected chi connectivity index (χ2v) is 11.3. The van der Waals surface area contributed by atoms with Crippen molar-refractivity contribution >= 4 is 29.2 Å². The van der Waals surface area contributed by atoms with Crippen LogP contribution in [0.3, 0.4) is 0 Å². The smallest absolute Gasteiger partial charge is 0.320 e. The Morgan fingerprint density at radius 2 is 1.55 bits per heavy atom. The Bertz CT molecular complexity index is 1320. The number of benzene rings is 3. The highest BCUT2D eigenvalue weighted by molar-refractivity contribution is 6.00. The molecule has 4 N–H and O–H groups in total. The number of urea groups is 1. The molecule has 1 heterocycles.